The number of unbranched alkanes of at least 4 members (excludes halogenated alkanes) is 1. The van der Waals surface area contributed by atoms with Gasteiger partial charge in [0.25, 0.3) is 0 Å². The smallest absolute Gasteiger partial charge is 0.217 e. The second-order valence-electron chi connectivity index (χ2n) is 6.17. The van der Waals surface area contributed by atoms with Crippen molar-refractivity contribution < 1.29 is 4.79 Å². The molecule has 0 radical (unpaired) electrons. The maximum Gasteiger partial charge on any atom is 0.217 e. The zero-order valence-corrected chi connectivity index (χ0v) is 11.4. The summed E-state index contributed by atoms with van der Waals surface area (Å²) in [6.45, 7) is 5.78. The van der Waals surface area contributed by atoms with E-state index >= 15 is 0 Å². The highest BCUT2D eigenvalue weighted by Crippen LogP contribution is 2.33. The molecule has 1 unspecified atom stereocenters. The summed E-state index contributed by atoms with van der Waals surface area (Å²) in [5.41, 5.74) is 5.64. The molecule has 0 aromatic heterocycles. The molecule has 1 amide bonds. The van der Waals surface area contributed by atoms with Crippen LogP contribution in [0.3, 0.4) is 0 Å². The van der Waals surface area contributed by atoms with Crippen molar-refractivity contribution in [3.8, 4) is 0 Å². The molecule has 1 aliphatic rings. The third kappa shape index (κ3) is 6.67. The summed E-state index contributed by atoms with van der Waals surface area (Å²) in [4.78, 5) is 10.6. The minimum absolute atomic E-state index is 0.179. The Morgan fingerprint density at radius 3 is 2.76 bits per heavy atom. The van der Waals surface area contributed by atoms with E-state index in [1.165, 1.54) is 32.1 Å². The maximum absolute atomic E-state index is 10.6. The van der Waals surface area contributed by atoms with Crippen LogP contribution >= 0.6 is 0 Å². The summed E-state index contributed by atoms with van der Waals surface area (Å²) in [7, 11) is 0. The van der Waals surface area contributed by atoms with Gasteiger partial charge < -0.3 is 11.1 Å². The van der Waals surface area contributed by atoms with Crippen molar-refractivity contribution in [2.75, 3.05) is 6.54 Å². The SMILES string of the molecule is CC1(C)CCCC(NCCCCC(N)=O)CC1. The summed E-state index contributed by atoms with van der Waals surface area (Å²) >= 11 is 0. The molecule has 3 heteroatoms. The summed E-state index contributed by atoms with van der Waals surface area (Å²) in [5, 5.41) is 3.62. The second kappa shape index (κ2) is 7.00. The van der Waals surface area contributed by atoms with Crippen LogP contribution in [0.4, 0.5) is 0 Å². The van der Waals surface area contributed by atoms with E-state index in [0.717, 1.165) is 19.4 Å². The molecule has 3 N–H and O–H groups in total. The fraction of sp³-hybridized carbons (Fsp3) is 0.929. The normalized spacial score (nSPS) is 24.2. The highest BCUT2D eigenvalue weighted by atomic mass is 16.1. The van der Waals surface area contributed by atoms with Crippen molar-refractivity contribution in [3.63, 3.8) is 0 Å². The quantitative estimate of drug-likeness (QED) is 0.554. The van der Waals surface area contributed by atoms with Gasteiger partial charge in [-0.15, -0.1) is 0 Å². The van der Waals surface area contributed by atoms with Gasteiger partial charge in [-0.25, -0.2) is 0 Å². The third-order valence-corrected chi connectivity index (χ3v) is 3.86. The molecule has 1 saturated carbocycles. The van der Waals surface area contributed by atoms with Crippen molar-refractivity contribution >= 4 is 5.91 Å². The Labute approximate surface area is 106 Å². The number of nitrogens with one attached hydrogen (secondary N) is 1. The Hall–Kier alpha value is -0.570. The van der Waals surface area contributed by atoms with E-state index in [-0.39, 0.29) is 5.91 Å². The van der Waals surface area contributed by atoms with Crippen molar-refractivity contribution in [1.29, 1.82) is 0 Å². The lowest BCUT2D eigenvalue weighted by atomic mass is 9.85. The molecule has 17 heavy (non-hydrogen) atoms. The Morgan fingerprint density at radius 2 is 2.06 bits per heavy atom. The molecule has 1 fully saturated rings. The lowest BCUT2D eigenvalue weighted by Crippen LogP contribution is -2.29. The fourth-order valence-electron chi connectivity index (χ4n) is 2.60. The number of carbonyl (C=O) groups excluding carboxylic acids is 1. The van der Waals surface area contributed by atoms with E-state index in [9.17, 15) is 4.79 Å². The second-order valence-corrected chi connectivity index (χ2v) is 6.17. The first-order valence-corrected chi connectivity index (χ1v) is 7.01. The highest BCUT2D eigenvalue weighted by Gasteiger charge is 2.23. The molecule has 0 bridgehead atoms. The minimum Gasteiger partial charge on any atom is -0.370 e. The molecule has 1 aliphatic carbocycles. The first-order chi connectivity index (χ1) is 7.99. The Morgan fingerprint density at radius 1 is 1.29 bits per heavy atom. The molecule has 0 heterocycles. The van der Waals surface area contributed by atoms with E-state index in [2.05, 4.69) is 19.2 Å². The number of hydrogen-bond donors (Lipinski definition) is 2. The highest BCUT2D eigenvalue weighted by molar-refractivity contribution is 5.73. The summed E-state index contributed by atoms with van der Waals surface area (Å²) in [6.07, 6.45) is 9.12. The third-order valence-electron chi connectivity index (χ3n) is 3.86. The molecule has 0 saturated heterocycles. The molecule has 1 atom stereocenters. The first kappa shape index (κ1) is 14.5. The number of nitrogens with two attached hydrogens (primary N) is 1. The van der Waals surface area contributed by atoms with Crippen LogP contribution < -0.4 is 11.1 Å². The van der Waals surface area contributed by atoms with Crippen molar-refractivity contribution in [2.24, 2.45) is 11.1 Å². The lowest BCUT2D eigenvalue weighted by molar-refractivity contribution is -0.118. The topological polar surface area (TPSA) is 55.1 Å². The van der Waals surface area contributed by atoms with Gasteiger partial charge in [-0.2, -0.15) is 0 Å². The average Bonchev–Trinajstić information content (AvgIpc) is 2.39. The standard InChI is InChI=1S/C14H28N2O/c1-14(2)9-5-6-12(8-10-14)16-11-4-3-7-13(15)17/h12,16H,3-11H2,1-2H3,(H2,15,17). The van der Waals surface area contributed by atoms with Gasteiger partial charge in [0.1, 0.15) is 0 Å². The van der Waals surface area contributed by atoms with Gasteiger partial charge in [-0.1, -0.05) is 20.3 Å². The minimum atomic E-state index is -0.179. The van der Waals surface area contributed by atoms with Crippen LogP contribution in [0, 0.1) is 5.41 Å². The van der Waals surface area contributed by atoms with Crippen molar-refractivity contribution in [1.82, 2.24) is 5.32 Å². The fourth-order valence-corrected chi connectivity index (χ4v) is 2.60. The molecular formula is C14H28N2O. The number of carbonyl (C=O) groups is 1. The number of hydrogen-bond acceptors (Lipinski definition) is 2. The van der Waals surface area contributed by atoms with Crippen LogP contribution in [0.1, 0.15) is 65.2 Å². The summed E-state index contributed by atoms with van der Waals surface area (Å²) in [5.74, 6) is -0.179. The summed E-state index contributed by atoms with van der Waals surface area (Å²) in [6, 6.07) is 0.686. The van der Waals surface area contributed by atoms with Crippen molar-refractivity contribution in [3.05, 3.63) is 0 Å². The van der Waals surface area contributed by atoms with E-state index in [0.29, 0.717) is 17.9 Å². The van der Waals surface area contributed by atoms with E-state index in [1.54, 1.807) is 0 Å². The zero-order valence-electron chi connectivity index (χ0n) is 11.4. The van der Waals surface area contributed by atoms with Crippen LogP contribution in [0.15, 0.2) is 0 Å². The Balaban J connectivity index is 2.09. The van der Waals surface area contributed by atoms with Gasteiger partial charge in [0.15, 0.2) is 0 Å². The molecule has 0 spiro atoms. The maximum atomic E-state index is 10.6. The predicted octanol–water partition coefficient (Wildman–Crippen LogP) is 2.59. The lowest BCUT2D eigenvalue weighted by Gasteiger charge is -2.22. The molecule has 0 aromatic carbocycles. The number of amides is 1. The van der Waals surface area contributed by atoms with Gasteiger partial charge in [-0.05, 0) is 50.5 Å². The monoisotopic (exact) mass is 240 g/mol. The van der Waals surface area contributed by atoms with Gasteiger partial charge in [0.05, 0.1) is 0 Å². The first-order valence-electron chi connectivity index (χ1n) is 7.01. The van der Waals surface area contributed by atoms with E-state index in [1.807, 2.05) is 0 Å². The van der Waals surface area contributed by atoms with Crippen LogP contribution in [-0.2, 0) is 4.79 Å². The van der Waals surface area contributed by atoms with Crippen LogP contribution in [-0.4, -0.2) is 18.5 Å². The van der Waals surface area contributed by atoms with Crippen molar-refractivity contribution in [2.45, 2.75) is 71.3 Å². The molecule has 0 aliphatic heterocycles. The van der Waals surface area contributed by atoms with E-state index < -0.39 is 0 Å². The average molecular weight is 240 g/mol. The number of primary amides is 1. The molecule has 3 nitrogen and oxygen atoms in total. The molecular weight excluding hydrogens is 212 g/mol. The molecule has 0 aromatic rings. The van der Waals surface area contributed by atoms with Gasteiger partial charge in [0, 0.05) is 12.5 Å². The predicted molar refractivity (Wildman–Crippen MR) is 71.7 cm³/mol. The van der Waals surface area contributed by atoms with Gasteiger partial charge in [-0.3, -0.25) is 4.79 Å². The van der Waals surface area contributed by atoms with Gasteiger partial charge in [0.2, 0.25) is 5.91 Å². The Kier molecular flexibility index (Phi) is 5.96. The largest absolute Gasteiger partial charge is 0.370 e. The molecule has 100 valence electrons. The van der Waals surface area contributed by atoms with Crippen LogP contribution in [0.5, 0.6) is 0 Å². The summed E-state index contributed by atoms with van der Waals surface area (Å²) < 4.78 is 0. The number of rotatable bonds is 6. The Bertz CT molecular complexity index is 238. The van der Waals surface area contributed by atoms with Gasteiger partial charge >= 0.3 is 0 Å². The van der Waals surface area contributed by atoms with Crippen LogP contribution in [0.2, 0.25) is 0 Å². The zero-order chi connectivity index (χ0) is 12.7. The van der Waals surface area contributed by atoms with Crippen LogP contribution in [0.25, 0.3) is 0 Å². The molecule has 1 rings (SSSR count). The van der Waals surface area contributed by atoms with E-state index in [4.69, 9.17) is 5.73 Å².